The number of hydroxylamine groups is 1. The van der Waals surface area contributed by atoms with Gasteiger partial charge in [-0.1, -0.05) is 18.2 Å². The zero-order valence-corrected chi connectivity index (χ0v) is 20.9. The average molecular weight is 559 g/mol. The highest BCUT2D eigenvalue weighted by Gasteiger charge is 2.38. The normalized spacial score (nSPS) is 11.6. The molecule has 1 unspecified atom stereocenters. The highest BCUT2D eigenvalue weighted by atomic mass is 19.4. The topological polar surface area (TPSA) is 151 Å². The first-order valence-corrected chi connectivity index (χ1v) is 11.6. The number of nitrogens with one attached hydrogen (secondary N) is 2. The lowest BCUT2D eigenvalue weighted by Gasteiger charge is -2.16. The average Bonchev–Trinajstić information content (AvgIpc) is 3.46. The number of aliphatic carboxylic acids is 1. The number of nitrogens with zero attached hydrogens (tertiary/aromatic N) is 1. The molecule has 13 heteroatoms. The van der Waals surface area contributed by atoms with Crippen molar-refractivity contribution in [3.8, 4) is 5.75 Å². The smallest absolute Gasteiger partial charge is 0.489 e. The second kappa shape index (κ2) is 13.2. The van der Waals surface area contributed by atoms with Crippen LogP contribution in [0.2, 0.25) is 0 Å². The first-order chi connectivity index (χ1) is 19.0. The number of rotatable bonds is 8. The van der Waals surface area contributed by atoms with E-state index in [2.05, 4.69) is 10.3 Å². The molecule has 1 atom stereocenters. The van der Waals surface area contributed by atoms with Gasteiger partial charge in [0, 0.05) is 27.8 Å². The lowest BCUT2D eigenvalue weighted by Crippen LogP contribution is -2.32. The lowest BCUT2D eigenvalue weighted by atomic mass is 10.1. The minimum Gasteiger partial charge on any atom is -0.489 e. The van der Waals surface area contributed by atoms with E-state index >= 15 is 0 Å². The molecule has 0 saturated carbocycles. The number of aromatic nitrogens is 1. The maximum Gasteiger partial charge on any atom is 0.490 e. The lowest BCUT2D eigenvalue weighted by molar-refractivity contribution is -0.192. The Kier molecular flexibility index (Phi) is 9.81. The van der Waals surface area contributed by atoms with Crippen LogP contribution in [0, 0.1) is 6.92 Å². The molecule has 2 heterocycles. The molecule has 40 heavy (non-hydrogen) atoms. The van der Waals surface area contributed by atoms with Crippen molar-refractivity contribution in [1.29, 1.82) is 0 Å². The largest absolute Gasteiger partial charge is 0.490 e. The highest BCUT2D eigenvalue weighted by molar-refractivity contribution is 5.95. The molecule has 2 aromatic heterocycles. The van der Waals surface area contributed by atoms with E-state index in [1.165, 1.54) is 12.5 Å². The highest BCUT2D eigenvalue weighted by Crippen LogP contribution is 2.22. The first-order valence-electron chi connectivity index (χ1n) is 11.6. The molecule has 0 aliphatic rings. The fourth-order valence-electron chi connectivity index (χ4n) is 3.58. The van der Waals surface area contributed by atoms with Gasteiger partial charge < -0.3 is 19.6 Å². The van der Waals surface area contributed by atoms with E-state index in [4.69, 9.17) is 24.3 Å². The number of carboxylic acid groups (broad SMARTS) is 1. The molecule has 0 radical (unpaired) electrons. The Morgan fingerprint density at radius 1 is 1.07 bits per heavy atom. The predicted molar refractivity (Wildman–Crippen MR) is 134 cm³/mol. The number of pyridine rings is 1. The molecule has 4 N–H and O–H groups in total. The molecule has 2 amide bonds. The molecule has 4 aromatic rings. The number of benzene rings is 2. The van der Waals surface area contributed by atoms with Gasteiger partial charge in [0.25, 0.3) is 5.91 Å². The number of carbonyl (C=O) groups excluding carboxylic acids is 2. The monoisotopic (exact) mass is 559 g/mol. The summed E-state index contributed by atoms with van der Waals surface area (Å²) in [6.07, 6.45) is -2.33. The molecule has 4 rings (SSSR count). The van der Waals surface area contributed by atoms with E-state index < -0.39 is 24.1 Å². The Morgan fingerprint density at radius 3 is 2.35 bits per heavy atom. The van der Waals surface area contributed by atoms with Crippen LogP contribution in [-0.4, -0.2) is 39.3 Å². The molecule has 210 valence electrons. The summed E-state index contributed by atoms with van der Waals surface area (Å²) in [4.78, 5) is 37.8. The number of furan rings is 1. The molecule has 0 bridgehead atoms. The SMILES string of the molecule is Cc1cc(COc2ccc(C(=O)NC(CC(=O)NO)c3ccoc3)cc2)c2ccccc2n1.O=C(O)C(F)(F)F. The number of alkyl halides is 3. The van der Waals surface area contributed by atoms with Crippen molar-refractivity contribution in [2.24, 2.45) is 0 Å². The van der Waals surface area contributed by atoms with Crippen LogP contribution in [0.3, 0.4) is 0 Å². The minimum atomic E-state index is -5.08. The number of ether oxygens (including phenoxy) is 1. The van der Waals surface area contributed by atoms with Crippen molar-refractivity contribution < 1.29 is 47.0 Å². The fraction of sp³-hybridized carbons (Fsp3) is 0.185. The van der Waals surface area contributed by atoms with E-state index in [1.807, 2.05) is 37.3 Å². The summed E-state index contributed by atoms with van der Waals surface area (Å²) >= 11 is 0. The maximum atomic E-state index is 12.7. The summed E-state index contributed by atoms with van der Waals surface area (Å²) in [6, 6.07) is 17.7. The molecular formula is C27H24F3N3O7. The van der Waals surface area contributed by atoms with Gasteiger partial charge >= 0.3 is 12.1 Å². The van der Waals surface area contributed by atoms with Gasteiger partial charge in [-0.05, 0) is 49.4 Å². The number of hydrogen-bond donors (Lipinski definition) is 4. The summed E-state index contributed by atoms with van der Waals surface area (Å²) in [7, 11) is 0. The van der Waals surface area contributed by atoms with Gasteiger partial charge in [-0.2, -0.15) is 13.2 Å². The van der Waals surface area contributed by atoms with Crippen LogP contribution >= 0.6 is 0 Å². The quantitative estimate of drug-likeness (QED) is 0.179. The Labute approximate surface area is 225 Å². The van der Waals surface area contributed by atoms with Crippen molar-refractivity contribution in [2.75, 3.05) is 0 Å². The molecule has 0 fully saturated rings. The Morgan fingerprint density at radius 2 is 1.75 bits per heavy atom. The number of halogens is 3. The van der Waals surface area contributed by atoms with Crippen LogP contribution in [0.25, 0.3) is 10.9 Å². The van der Waals surface area contributed by atoms with Crippen LogP contribution < -0.4 is 15.5 Å². The number of hydrogen-bond acceptors (Lipinski definition) is 7. The molecule has 0 spiro atoms. The second-order valence-corrected chi connectivity index (χ2v) is 8.38. The van der Waals surface area contributed by atoms with Gasteiger partial charge in [-0.3, -0.25) is 19.8 Å². The Balaban J connectivity index is 0.000000559. The molecular weight excluding hydrogens is 535 g/mol. The minimum absolute atomic E-state index is 0.137. The van der Waals surface area contributed by atoms with E-state index in [-0.39, 0.29) is 12.3 Å². The summed E-state index contributed by atoms with van der Waals surface area (Å²) in [5.41, 5.74) is 5.48. The van der Waals surface area contributed by atoms with Crippen LogP contribution in [0.1, 0.15) is 39.6 Å². The fourth-order valence-corrected chi connectivity index (χ4v) is 3.58. The van der Waals surface area contributed by atoms with Gasteiger partial charge in [0.1, 0.15) is 12.4 Å². The van der Waals surface area contributed by atoms with Crippen LogP contribution in [0.15, 0.2) is 77.6 Å². The van der Waals surface area contributed by atoms with Crippen molar-refractivity contribution >= 4 is 28.7 Å². The summed E-state index contributed by atoms with van der Waals surface area (Å²) in [5.74, 6) is -3.12. The van der Waals surface area contributed by atoms with E-state index in [0.717, 1.165) is 22.2 Å². The summed E-state index contributed by atoms with van der Waals surface area (Å²) in [6.45, 7) is 2.32. The van der Waals surface area contributed by atoms with Gasteiger partial charge in [0.2, 0.25) is 5.91 Å². The summed E-state index contributed by atoms with van der Waals surface area (Å²) in [5, 5.41) is 19.8. The molecule has 0 saturated heterocycles. The van der Waals surface area contributed by atoms with Crippen molar-refractivity contribution in [3.63, 3.8) is 0 Å². The van der Waals surface area contributed by atoms with E-state index in [0.29, 0.717) is 23.5 Å². The third-order valence-electron chi connectivity index (χ3n) is 5.45. The second-order valence-electron chi connectivity index (χ2n) is 8.38. The molecule has 2 aromatic carbocycles. The van der Waals surface area contributed by atoms with Gasteiger partial charge in [-0.15, -0.1) is 0 Å². The standard InChI is InChI=1S/C25H23N3O5.C2HF3O2/c1-16-12-19(21-4-2-3-5-22(21)26-16)15-33-20-8-6-17(7-9-20)25(30)27-23(13-24(29)28-31)18-10-11-32-14-18;3-2(4,5)1(6)7/h2-12,14,23,31H,13,15H2,1H3,(H,27,30)(H,28,29);(H,6,7). The van der Waals surface area contributed by atoms with Gasteiger partial charge in [0.05, 0.1) is 30.5 Å². The Bertz CT molecular complexity index is 1460. The third-order valence-corrected chi connectivity index (χ3v) is 5.45. The number of para-hydroxylation sites is 1. The molecule has 0 aliphatic carbocycles. The molecule has 0 aliphatic heterocycles. The van der Waals surface area contributed by atoms with E-state index in [9.17, 15) is 22.8 Å². The van der Waals surface area contributed by atoms with E-state index in [1.54, 1.807) is 35.8 Å². The predicted octanol–water partition coefficient (Wildman–Crippen LogP) is 4.72. The van der Waals surface area contributed by atoms with Crippen molar-refractivity contribution in [3.05, 3.63) is 95.6 Å². The summed E-state index contributed by atoms with van der Waals surface area (Å²) < 4.78 is 42.7. The van der Waals surface area contributed by atoms with Crippen molar-refractivity contribution in [2.45, 2.75) is 32.2 Å². The van der Waals surface area contributed by atoms with Crippen molar-refractivity contribution in [1.82, 2.24) is 15.8 Å². The zero-order valence-electron chi connectivity index (χ0n) is 20.9. The zero-order chi connectivity index (χ0) is 29.3. The Hall–Kier alpha value is -4.91. The van der Waals surface area contributed by atoms with Gasteiger partial charge in [-0.25, -0.2) is 10.3 Å². The third kappa shape index (κ3) is 8.30. The number of fused-ring (bicyclic) bond motifs is 1. The number of aryl methyl sites for hydroxylation is 1. The number of carbonyl (C=O) groups is 3. The number of amides is 2. The maximum absolute atomic E-state index is 12.7. The number of carboxylic acids is 1. The van der Waals surface area contributed by atoms with Crippen LogP contribution in [0.4, 0.5) is 13.2 Å². The van der Waals surface area contributed by atoms with Crippen LogP contribution in [-0.2, 0) is 16.2 Å². The molecule has 10 nitrogen and oxygen atoms in total. The first kappa shape index (κ1) is 29.6. The van der Waals surface area contributed by atoms with Crippen LogP contribution in [0.5, 0.6) is 5.75 Å². The van der Waals surface area contributed by atoms with Gasteiger partial charge in [0.15, 0.2) is 0 Å².